The number of hydrogen-bond acceptors (Lipinski definition) is 3. The molecule has 4 nitrogen and oxygen atoms in total. The van der Waals surface area contributed by atoms with E-state index in [2.05, 4.69) is 11.4 Å². The zero-order chi connectivity index (χ0) is 21.0. The standard InChI is InChI=1S/C26H29NO3/c1-2-30-25(29)23-24(27-22(28)17-19-11-5-3-6-12-19)21-14-8-7-13-20(21)18-26(23)15-9-4-10-16-26/h3,5-8,11-14H,2,4,9-10,15-18H2,1H3,(H,27,28). The van der Waals surface area contributed by atoms with E-state index >= 15 is 0 Å². The SMILES string of the molecule is CCOC(=O)C1=C(NC(=O)Cc2ccccc2)c2ccccc2CC12CCCCC2. The first kappa shape index (κ1) is 20.4. The number of esters is 1. The Hall–Kier alpha value is -2.88. The third kappa shape index (κ3) is 4.04. The Labute approximate surface area is 178 Å². The number of amides is 1. The highest BCUT2D eigenvalue weighted by Crippen LogP contribution is 2.51. The number of ether oxygens (including phenoxy) is 1. The minimum atomic E-state index is -0.288. The molecule has 30 heavy (non-hydrogen) atoms. The molecular weight excluding hydrogens is 374 g/mol. The van der Waals surface area contributed by atoms with E-state index < -0.39 is 0 Å². The summed E-state index contributed by atoms with van der Waals surface area (Å²) in [6.45, 7) is 2.15. The lowest BCUT2D eigenvalue weighted by molar-refractivity contribution is -0.140. The molecule has 156 valence electrons. The molecule has 1 N–H and O–H groups in total. The maximum absolute atomic E-state index is 13.2. The second kappa shape index (κ2) is 8.86. The molecule has 1 amide bonds. The van der Waals surface area contributed by atoms with Gasteiger partial charge in [0.05, 0.1) is 24.3 Å². The fourth-order valence-electron chi connectivity index (χ4n) is 5.04. The topological polar surface area (TPSA) is 55.4 Å². The van der Waals surface area contributed by atoms with Crippen LogP contribution in [0, 0.1) is 5.41 Å². The first-order valence-corrected chi connectivity index (χ1v) is 11.0. The highest BCUT2D eigenvalue weighted by atomic mass is 16.5. The Balaban J connectivity index is 1.78. The highest BCUT2D eigenvalue weighted by molar-refractivity contribution is 6.03. The van der Waals surface area contributed by atoms with Gasteiger partial charge in [0, 0.05) is 11.0 Å². The van der Waals surface area contributed by atoms with Crippen molar-refractivity contribution in [3.8, 4) is 0 Å². The van der Waals surface area contributed by atoms with Crippen LogP contribution in [0.15, 0.2) is 60.2 Å². The van der Waals surface area contributed by atoms with Crippen molar-refractivity contribution in [2.75, 3.05) is 6.61 Å². The van der Waals surface area contributed by atoms with Gasteiger partial charge in [-0.3, -0.25) is 4.79 Å². The molecule has 2 aromatic carbocycles. The Morgan fingerprint density at radius 3 is 2.40 bits per heavy atom. The lowest BCUT2D eigenvalue weighted by Gasteiger charge is -2.43. The fourth-order valence-corrected chi connectivity index (χ4v) is 5.04. The van der Waals surface area contributed by atoms with E-state index in [9.17, 15) is 9.59 Å². The van der Waals surface area contributed by atoms with Gasteiger partial charge in [-0.1, -0.05) is 73.9 Å². The first-order chi connectivity index (χ1) is 14.6. The van der Waals surface area contributed by atoms with E-state index in [0.717, 1.165) is 43.2 Å². The molecule has 0 heterocycles. The number of benzene rings is 2. The minimum Gasteiger partial charge on any atom is -0.463 e. The summed E-state index contributed by atoms with van der Waals surface area (Å²) >= 11 is 0. The molecule has 1 fully saturated rings. The molecular formula is C26H29NO3. The van der Waals surface area contributed by atoms with E-state index in [-0.39, 0.29) is 23.7 Å². The van der Waals surface area contributed by atoms with Crippen molar-refractivity contribution in [2.24, 2.45) is 5.41 Å². The predicted molar refractivity (Wildman–Crippen MR) is 118 cm³/mol. The molecule has 0 bridgehead atoms. The van der Waals surface area contributed by atoms with Gasteiger partial charge in [-0.15, -0.1) is 0 Å². The van der Waals surface area contributed by atoms with Gasteiger partial charge in [0.15, 0.2) is 0 Å². The molecule has 0 radical (unpaired) electrons. The van der Waals surface area contributed by atoms with Gasteiger partial charge in [0.2, 0.25) is 5.91 Å². The maximum Gasteiger partial charge on any atom is 0.336 e. The summed E-state index contributed by atoms with van der Waals surface area (Å²) in [7, 11) is 0. The van der Waals surface area contributed by atoms with Gasteiger partial charge in [0.1, 0.15) is 0 Å². The summed E-state index contributed by atoms with van der Waals surface area (Å²) < 4.78 is 5.51. The van der Waals surface area contributed by atoms with Crippen LogP contribution in [-0.2, 0) is 27.2 Å². The largest absolute Gasteiger partial charge is 0.463 e. The first-order valence-electron chi connectivity index (χ1n) is 11.0. The third-order valence-corrected chi connectivity index (χ3v) is 6.36. The lowest BCUT2D eigenvalue weighted by Crippen LogP contribution is -2.40. The zero-order valence-corrected chi connectivity index (χ0v) is 17.6. The molecule has 4 heteroatoms. The second-order valence-corrected chi connectivity index (χ2v) is 8.36. The van der Waals surface area contributed by atoms with Gasteiger partial charge >= 0.3 is 5.97 Å². The van der Waals surface area contributed by atoms with Crippen LogP contribution < -0.4 is 5.32 Å². The van der Waals surface area contributed by atoms with Crippen molar-refractivity contribution in [1.29, 1.82) is 0 Å². The van der Waals surface area contributed by atoms with Crippen molar-refractivity contribution in [1.82, 2.24) is 5.32 Å². The number of rotatable bonds is 5. The Bertz CT molecular complexity index is 955. The minimum absolute atomic E-state index is 0.110. The van der Waals surface area contributed by atoms with Crippen LogP contribution in [0.25, 0.3) is 5.70 Å². The molecule has 2 aromatic rings. The van der Waals surface area contributed by atoms with Gasteiger partial charge < -0.3 is 10.1 Å². The highest BCUT2D eigenvalue weighted by Gasteiger charge is 2.45. The molecule has 1 saturated carbocycles. The molecule has 0 unspecified atom stereocenters. The summed E-state index contributed by atoms with van der Waals surface area (Å²) in [5.74, 6) is -0.399. The molecule has 0 atom stereocenters. The summed E-state index contributed by atoms with van der Waals surface area (Å²) in [6.07, 6.45) is 6.38. The second-order valence-electron chi connectivity index (χ2n) is 8.36. The average Bonchev–Trinajstić information content (AvgIpc) is 2.75. The number of carbonyl (C=O) groups is 2. The Morgan fingerprint density at radius 1 is 0.967 bits per heavy atom. The fraction of sp³-hybridized carbons (Fsp3) is 0.385. The van der Waals surface area contributed by atoms with Crippen molar-refractivity contribution in [3.63, 3.8) is 0 Å². The molecule has 2 aliphatic carbocycles. The summed E-state index contributed by atoms with van der Waals surface area (Å²) in [5.41, 5.74) is 4.15. The van der Waals surface area contributed by atoms with Crippen molar-refractivity contribution >= 4 is 17.6 Å². The van der Waals surface area contributed by atoms with E-state index in [0.29, 0.717) is 17.9 Å². The van der Waals surface area contributed by atoms with E-state index in [1.54, 1.807) is 0 Å². The van der Waals surface area contributed by atoms with Crippen LogP contribution in [0.1, 0.15) is 55.7 Å². The lowest BCUT2D eigenvalue weighted by atomic mass is 9.62. The number of nitrogens with one attached hydrogen (secondary N) is 1. The molecule has 0 aromatic heterocycles. The normalized spacial score (nSPS) is 17.4. The van der Waals surface area contributed by atoms with Crippen molar-refractivity contribution in [3.05, 3.63) is 76.9 Å². The van der Waals surface area contributed by atoms with Gasteiger partial charge in [-0.05, 0) is 37.3 Å². The van der Waals surface area contributed by atoms with Crippen LogP contribution in [0.3, 0.4) is 0 Å². The number of fused-ring (bicyclic) bond motifs is 1. The predicted octanol–water partition coefficient (Wildman–Crippen LogP) is 4.83. The molecule has 4 rings (SSSR count). The van der Waals surface area contributed by atoms with Gasteiger partial charge in [-0.25, -0.2) is 4.79 Å². The van der Waals surface area contributed by atoms with E-state index in [1.807, 2.05) is 55.5 Å². The number of hydrogen-bond donors (Lipinski definition) is 1. The Kier molecular flexibility index (Phi) is 6.03. The van der Waals surface area contributed by atoms with Crippen molar-refractivity contribution < 1.29 is 14.3 Å². The van der Waals surface area contributed by atoms with E-state index in [1.165, 1.54) is 12.0 Å². The van der Waals surface area contributed by atoms with Crippen LogP contribution in [0.4, 0.5) is 0 Å². The summed E-state index contributed by atoms with van der Waals surface area (Å²) in [5, 5.41) is 3.12. The average molecular weight is 404 g/mol. The van der Waals surface area contributed by atoms with E-state index in [4.69, 9.17) is 4.74 Å². The molecule has 1 spiro atoms. The third-order valence-electron chi connectivity index (χ3n) is 6.36. The van der Waals surface area contributed by atoms with Crippen LogP contribution in [-0.4, -0.2) is 18.5 Å². The van der Waals surface area contributed by atoms with Crippen LogP contribution >= 0.6 is 0 Å². The number of carbonyl (C=O) groups excluding carboxylic acids is 2. The molecule has 2 aliphatic rings. The summed E-state index contributed by atoms with van der Waals surface area (Å²) in [4.78, 5) is 26.2. The van der Waals surface area contributed by atoms with Crippen LogP contribution in [0.2, 0.25) is 0 Å². The maximum atomic E-state index is 13.2. The van der Waals surface area contributed by atoms with Crippen molar-refractivity contribution in [2.45, 2.75) is 51.9 Å². The van der Waals surface area contributed by atoms with Gasteiger partial charge in [0.25, 0.3) is 0 Å². The monoisotopic (exact) mass is 403 g/mol. The zero-order valence-electron chi connectivity index (χ0n) is 17.6. The molecule has 0 saturated heterocycles. The quantitative estimate of drug-likeness (QED) is 0.728. The Morgan fingerprint density at radius 2 is 1.67 bits per heavy atom. The summed E-state index contributed by atoms with van der Waals surface area (Å²) in [6, 6.07) is 17.8. The van der Waals surface area contributed by atoms with Crippen LogP contribution in [0.5, 0.6) is 0 Å². The molecule has 0 aliphatic heterocycles. The smallest absolute Gasteiger partial charge is 0.336 e. The van der Waals surface area contributed by atoms with Gasteiger partial charge in [-0.2, -0.15) is 0 Å².